The lowest BCUT2D eigenvalue weighted by Crippen LogP contribution is -2.35. The largest absolute Gasteiger partial charge is 0.398 e. The van der Waals surface area contributed by atoms with E-state index < -0.39 is 17.9 Å². The lowest BCUT2D eigenvalue weighted by Gasteiger charge is -2.34. The van der Waals surface area contributed by atoms with Crippen LogP contribution in [0.4, 0.5) is 17.6 Å². The minimum absolute atomic E-state index is 0.178. The molecule has 0 saturated carbocycles. The molecule has 1 heterocycles. The maximum atomic E-state index is 13.3. The summed E-state index contributed by atoms with van der Waals surface area (Å²) in [5.41, 5.74) is 0.763. The van der Waals surface area contributed by atoms with Crippen molar-refractivity contribution in [2.75, 3.05) is 19.6 Å². The second-order valence-electron chi connectivity index (χ2n) is 5.30. The van der Waals surface area contributed by atoms with Crippen molar-refractivity contribution in [1.82, 2.24) is 4.90 Å². The fraction of sp³-hybridized carbons (Fsp3) is 0.714. The van der Waals surface area contributed by atoms with Crippen LogP contribution in [0.25, 0.3) is 0 Å². The normalized spacial score (nSPS) is 27.1. The molecule has 0 radical (unpaired) electrons. The molecule has 2 rings (SSSR count). The van der Waals surface area contributed by atoms with Gasteiger partial charge in [0.2, 0.25) is 0 Å². The van der Waals surface area contributed by atoms with E-state index in [1.54, 1.807) is 6.08 Å². The van der Waals surface area contributed by atoms with E-state index in [-0.39, 0.29) is 12.3 Å². The van der Waals surface area contributed by atoms with Crippen molar-refractivity contribution in [2.45, 2.75) is 32.4 Å². The van der Waals surface area contributed by atoms with Crippen molar-refractivity contribution in [2.24, 2.45) is 11.8 Å². The predicted octanol–water partition coefficient (Wildman–Crippen LogP) is 4.08. The van der Waals surface area contributed by atoms with Crippen molar-refractivity contribution in [3.8, 4) is 0 Å². The molecule has 0 amide bonds. The highest BCUT2D eigenvalue weighted by molar-refractivity contribution is 5.26. The van der Waals surface area contributed by atoms with Crippen LogP contribution in [0.1, 0.15) is 26.2 Å². The van der Waals surface area contributed by atoms with Gasteiger partial charge in [0, 0.05) is 0 Å². The number of allylic oxidation sites excluding steroid dienone is 4. The number of likely N-dealkylation sites (tertiary alicyclic amines) is 1. The molecule has 1 saturated heterocycles. The van der Waals surface area contributed by atoms with Gasteiger partial charge in [-0.3, -0.25) is 0 Å². The van der Waals surface area contributed by atoms with E-state index in [1.807, 2.05) is 0 Å². The quantitative estimate of drug-likeness (QED) is 0.687. The van der Waals surface area contributed by atoms with Crippen molar-refractivity contribution < 1.29 is 17.6 Å². The minimum atomic E-state index is -4.48. The van der Waals surface area contributed by atoms with Gasteiger partial charge in [-0.05, 0) is 50.9 Å². The topological polar surface area (TPSA) is 3.24 Å². The first-order chi connectivity index (χ1) is 8.91. The maximum Gasteiger partial charge on any atom is 0.398 e. The average Bonchev–Trinajstić information content (AvgIpc) is 2.38. The molecule has 0 aromatic heterocycles. The zero-order valence-electron chi connectivity index (χ0n) is 11.0. The average molecular weight is 277 g/mol. The highest BCUT2D eigenvalue weighted by Crippen LogP contribution is 2.42. The summed E-state index contributed by atoms with van der Waals surface area (Å²) in [5, 5.41) is 0. The van der Waals surface area contributed by atoms with Crippen LogP contribution in [0.15, 0.2) is 23.6 Å². The fourth-order valence-electron chi connectivity index (χ4n) is 2.90. The van der Waals surface area contributed by atoms with E-state index in [4.69, 9.17) is 0 Å². The van der Waals surface area contributed by atoms with Gasteiger partial charge in [0.15, 0.2) is 0 Å². The van der Waals surface area contributed by atoms with Crippen molar-refractivity contribution in [3.05, 3.63) is 23.6 Å². The summed E-state index contributed by atoms with van der Waals surface area (Å²) in [4.78, 5) is 2.29. The summed E-state index contributed by atoms with van der Waals surface area (Å²) in [5.74, 6) is -2.81. The smallest absolute Gasteiger partial charge is 0.304 e. The van der Waals surface area contributed by atoms with Gasteiger partial charge in [-0.15, -0.1) is 0 Å². The number of hydrogen-bond donors (Lipinski definition) is 0. The van der Waals surface area contributed by atoms with Gasteiger partial charge in [0.1, 0.15) is 11.7 Å². The molecule has 0 spiro atoms. The van der Waals surface area contributed by atoms with Crippen LogP contribution in [0.5, 0.6) is 0 Å². The third-order valence-electron chi connectivity index (χ3n) is 4.18. The highest BCUT2D eigenvalue weighted by atomic mass is 19.4. The molecule has 1 aliphatic heterocycles. The summed E-state index contributed by atoms with van der Waals surface area (Å²) in [7, 11) is 0. The monoisotopic (exact) mass is 277 g/mol. The third kappa shape index (κ3) is 3.38. The molecular formula is C14H19F4N. The molecule has 5 heteroatoms. The molecule has 1 nitrogen and oxygen atoms in total. The van der Waals surface area contributed by atoms with E-state index in [2.05, 4.69) is 11.8 Å². The Morgan fingerprint density at radius 3 is 2.37 bits per heavy atom. The summed E-state index contributed by atoms with van der Waals surface area (Å²) in [6, 6.07) is 0. The van der Waals surface area contributed by atoms with E-state index in [1.165, 1.54) is 0 Å². The van der Waals surface area contributed by atoms with Crippen LogP contribution in [-0.2, 0) is 0 Å². The Labute approximate surface area is 111 Å². The molecule has 1 atom stereocenters. The van der Waals surface area contributed by atoms with E-state index >= 15 is 0 Å². The minimum Gasteiger partial charge on any atom is -0.304 e. The first-order valence-corrected chi connectivity index (χ1v) is 6.77. The lowest BCUT2D eigenvalue weighted by atomic mass is 9.81. The Balaban J connectivity index is 2.03. The van der Waals surface area contributed by atoms with Gasteiger partial charge in [0.05, 0.1) is 0 Å². The molecule has 1 aliphatic carbocycles. The van der Waals surface area contributed by atoms with Crippen molar-refractivity contribution >= 4 is 0 Å². The number of halogens is 4. The predicted molar refractivity (Wildman–Crippen MR) is 66.3 cm³/mol. The Hall–Kier alpha value is -0.840. The van der Waals surface area contributed by atoms with Gasteiger partial charge in [0.25, 0.3) is 0 Å². The van der Waals surface area contributed by atoms with Crippen LogP contribution >= 0.6 is 0 Å². The number of piperidine rings is 1. The molecule has 2 aliphatic rings. The molecule has 19 heavy (non-hydrogen) atoms. The Bertz CT molecular complexity index is 375. The summed E-state index contributed by atoms with van der Waals surface area (Å²) < 4.78 is 51.5. The van der Waals surface area contributed by atoms with Crippen molar-refractivity contribution in [1.29, 1.82) is 0 Å². The van der Waals surface area contributed by atoms with Gasteiger partial charge in [-0.25, -0.2) is 4.39 Å². The molecule has 0 aromatic rings. The van der Waals surface area contributed by atoms with Crippen LogP contribution < -0.4 is 0 Å². The first-order valence-electron chi connectivity index (χ1n) is 6.77. The van der Waals surface area contributed by atoms with E-state index in [9.17, 15) is 17.6 Å². The summed E-state index contributed by atoms with van der Waals surface area (Å²) in [6.07, 6.45) is -0.376. The second kappa shape index (κ2) is 5.65. The molecule has 1 fully saturated rings. The van der Waals surface area contributed by atoms with E-state index in [0.717, 1.165) is 44.1 Å². The van der Waals surface area contributed by atoms with Gasteiger partial charge in [-0.2, -0.15) is 13.2 Å². The molecule has 0 bridgehead atoms. The number of rotatable bonds is 2. The maximum absolute atomic E-state index is 13.3. The van der Waals surface area contributed by atoms with Crippen LogP contribution in [0, 0.1) is 11.8 Å². The van der Waals surface area contributed by atoms with Gasteiger partial charge < -0.3 is 4.90 Å². The summed E-state index contributed by atoms with van der Waals surface area (Å²) in [6.45, 7) is 4.90. The Morgan fingerprint density at radius 1 is 1.21 bits per heavy atom. The number of hydrogen-bond acceptors (Lipinski definition) is 1. The number of alkyl halides is 3. The van der Waals surface area contributed by atoms with Crippen LogP contribution in [0.3, 0.4) is 0 Å². The SMILES string of the molecule is CCN1CCC(C2=CC=C(F)C(C(F)(F)F)C2)CC1. The Kier molecular flexibility index (Phi) is 4.33. The van der Waals surface area contributed by atoms with Crippen molar-refractivity contribution in [3.63, 3.8) is 0 Å². The molecule has 0 N–H and O–H groups in total. The molecule has 0 aromatic carbocycles. The van der Waals surface area contributed by atoms with Crippen LogP contribution in [-0.4, -0.2) is 30.7 Å². The second-order valence-corrected chi connectivity index (χ2v) is 5.30. The standard InChI is InChI=1S/C14H19F4N/c1-2-19-7-5-10(6-8-19)11-3-4-13(15)12(9-11)14(16,17)18/h3-4,10,12H,2,5-9H2,1H3. The molecule has 1 unspecified atom stereocenters. The van der Waals surface area contributed by atoms with Gasteiger partial charge >= 0.3 is 6.18 Å². The zero-order valence-corrected chi connectivity index (χ0v) is 11.0. The van der Waals surface area contributed by atoms with Gasteiger partial charge in [-0.1, -0.05) is 18.6 Å². The van der Waals surface area contributed by atoms with E-state index in [0.29, 0.717) is 0 Å². The Morgan fingerprint density at radius 2 is 1.84 bits per heavy atom. The molecule has 108 valence electrons. The number of nitrogens with zero attached hydrogens (tertiary/aromatic N) is 1. The van der Waals surface area contributed by atoms with Crippen LogP contribution in [0.2, 0.25) is 0 Å². The zero-order chi connectivity index (χ0) is 14.0. The fourth-order valence-corrected chi connectivity index (χ4v) is 2.90. The third-order valence-corrected chi connectivity index (χ3v) is 4.18. The summed E-state index contributed by atoms with van der Waals surface area (Å²) >= 11 is 0. The molecular weight excluding hydrogens is 258 g/mol. The first kappa shape index (κ1) is 14.6. The highest BCUT2D eigenvalue weighted by Gasteiger charge is 2.44. The lowest BCUT2D eigenvalue weighted by molar-refractivity contribution is -0.168.